The summed E-state index contributed by atoms with van der Waals surface area (Å²) in [6, 6.07) is 17.1. The Labute approximate surface area is 197 Å². The van der Waals surface area contributed by atoms with Crippen LogP contribution in [0.4, 0.5) is 5.69 Å². The molecule has 0 radical (unpaired) electrons. The molecule has 1 saturated heterocycles. The Morgan fingerprint density at radius 1 is 1.03 bits per heavy atom. The predicted molar refractivity (Wildman–Crippen MR) is 125 cm³/mol. The minimum Gasteiger partial charge on any atom is -0.365 e. The Morgan fingerprint density at radius 2 is 1.76 bits per heavy atom. The molecule has 0 aliphatic carbocycles. The van der Waals surface area contributed by atoms with E-state index in [9.17, 15) is 9.59 Å². The highest BCUT2D eigenvalue weighted by atomic mass is 35.5. The second-order valence-corrected chi connectivity index (χ2v) is 8.90. The first-order valence-corrected chi connectivity index (χ1v) is 11.5. The van der Waals surface area contributed by atoms with Gasteiger partial charge in [0.25, 0.3) is 5.91 Å². The molecule has 1 N–H and O–H groups in total. The van der Waals surface area contributed by atoms with Crippen molar-refractivity contribution < 1.29 is 14.3 Å². The minimum atomic E-state index is -0.129. The van der Waals surface area contributed by atoms with Crippen molar-refractivity contribution in [3.8, 4) is 0 Å². The Kier molecular flexibility index (Phi) is 6.15. The van der Waals surface area contributed by atoms with Crippen LogP contribution in [0.5, 0.6) is 0 Å². The molecule has 1 fully saturated rings. The number of hydrogen-bond donors (Lipinski definition) is 1. The van der Waals surface area contributed by atoms with Gasteiger partial charge >= 0.3 is 0 Å². The van der Waals surface area contributed by atoms with Gasteiger partial charge in [0.05, 0.1) is 25.2 Å². The standard InChI is InChI=1S/C25H25ClN4O3/c26-19-6-8-20(9-7-19)28-24(31)18-10-12-29(13-11-18)25(32)23-21-15-33-22(14-30(21)16-27-23)17-4-2-1-3-5-17/h1-9,16,18,22H,10-15H2,(H,28,31)/t22-/m1/s1. The number of anilines is 1. The Balaban J connectivity index is 1.18. The van der Waals surface area contributed by atoms with Crippen molar-refractivity contribution in [3.63, 3.8) is 0 Å². The van der Waals surface area contributed by atoms with Crippen molar-refractivity contribution in [1.29, 1.82) is 0 Å². The largest absolute Gasteiger partial charge is 0.365 e. The van der Waals surface area contributed by atoms with Crippen molar-refractivity contribution in [2.24, 2.45) is 5.92 Å². The molecule has 33 heavy (non-hydrogen) atoms. The molecule has 2 amide bonds. The van der Waals surface area contributed by atoms with E-state index in [4.69, 9.17) is 16.3 Å². The fourth-order valence-corrected chi connectivity index (χ4v) is 4.57. The summed E-state index contributed by atoms with van der Waals surface area (Å²) in [5.74, 6) is -0.248. The molecule has 0 bridgehead atoms. The van der Waals surface area contributed by atoms with E-state index in [2.05, 4.69) is 10.3 Å². The number of rotatable bonds is 4. The summed E-state index contributed by atoms with van der Waals surface area (Å²) < 4.78 is 8.06. The highest BCUT2D eigenvalue weighted by Gasteiger charge is 2.32. The summed E-state index contributed by atoms with van der Waals surface area (Å²) in [6.45, 7) is 2.03. The van der Waals surface area contributed by atoms with Gasteiger partial charge in [0.1, 0.15) is 6.10 Å². The van der Waals surface area contributed by atoms with Gasteiger partial charge in [-0.05, 0) is 42.7 Å². The molecular formula is C25H25ClN4O3. The van der Waals surface area contributed by atoms with Crippen LogP contribution >= 0.6 is 11.6 Å². The number of halogens is 1. The van der Waals surface area contributed by atoms with E-state index in [-0.39, 0.29) is 23.8 Å². The van der Waals surface area contributed by atoms with Crippen LogP contribution in [-0.4, -0.2) is 39.4 Å². The number of amides is 2. The predicted octanol–water partition coefficient (Wildman–Crippen LogP) is 4.30. The maximum absolute atomic E-state index is 13.2. The monoisotopic (exact) mass is 464 g/mol. The van der Waals surface area contributed by atoms with Crippen molar-refractivity contribution in [1.82, 2.24) is 14.5 Å². The number of hydrogen-bond acceptors (Lipinski definition) is 4. The molecule has 2 aromatic carbocycles. The van der Waals surface area contributed by atoms with E-state index in [1.807, 2.05) is 34.9 Å². The fraction of sp³-hybridized carbons (Fsp3) is 0.320. The second-order valence-electron chi connectivity index (χ2n) is 8.47. The van der Waals surface area contributed by atoms with Gasteiger partial charge in [-0.25, -0.2) is 4.98 Å². The lowest BCUT2D eigenvalue weighted by Gasteiger charge is -2.31. The number of carbonyl (C=O) groups excluding carboxylic acids is 2. The Morgan fingerprint density at radius 3 is 2.48 bits per heavy atom. The molecule has 3 heterocycles. The molecule has 2 aliphatic heterocycles. The SMILES string of the molecule is O=C(Nc1ccc(Cl)cc1)C1CCN(C(=O)c2ncn3c2CO[C@@H](c2ccccc2)C3)CC1. The van der Waals surface area contributed by atoms with E-state index in [0.717, 1.165) is 16.9 Å². The van der Waals surface area contributed by atoms with Gasteiger partial charge in [-0.1, -0.05) is 41.9 Å². The number of nitrogens with one attached hydrogen (secondary N) is 1. The van der Waals surface area contributed by atoms with Crippen molar-refractivity contribution in [2.45, 2.75) is 32.1 Å². The van der Waals surface area contributed by atoms with Gasteiger partial charge in [0, 0.05) is 29.7 Å². The zero-order valence-corrected chi connectivity index (χ0v) is 18.9. The smallest absolute Gasteiger partial charge is 0.274 e. The number of likely N-dealkylation sites (tertiary alicyclic amines) is 1. The number of imidazole rings is 1. The molecule has 8 heteroatoms. The van der Waals surface area contributed by atoms with Crippen LogP contribution in [0.2, 0.25) is 5.02 Å². The van der Waals surface area contributed by atoms with Crippen molar-refractivity contribution >= 4 is 29.1 Å². The van der Waals surface area contributed by atoms with Crippen LogP contribution in [0.15, 0.2) is 60.9 Å². The second kappa shape index (κ2) is 9.37. The molecule has 1 aromatic heterocycles. The molecule has 170 valence electrons. The van der Waals surface area contributed by atoms with E-state index in [1.165, 1.54) is 0 Å². The van der Waals surface area contributed by atoms with Crippen LogP contribution in [0.1, 0.15) is 40.7 Å². The van der Waals surface area contributed by atoms with Gasteiger partial charge in [-0.15, -0.1) is 0 Å². The lowest BCUT2D eigenvalue weighted by Crippen LogP contribution is -2.42. The highest BCUT2D eigenvalue weighted by Crippen LogP contribution is 2.29. The summed E-state index contributed by atoms with van der Waals surface area (Å²) in [4.78, 5) is 32.0. The summed E-state index contributed by atoms with van der Waals surface area (Å²) in [6.07, 6.45) is 2.92. The fourth-order valence-electron chi connectivity index (χ4n) is 4.45. The third-order valence-corrected chi connectivity index (χ3v) is 6.62. The molecular weight excluding hydrogens is 440 g/mol. The summed E-state index contributed by atoms with van der Waals surface area (Å²) >= 11 is 5.90. The third-order valence-electron chi connectivity index (χ3n) is 6.37. The molecule has 7 nitrogen and oxygen atoms in total. The first kappa shape index (κ1) is 21.7. The van der Waals surface area contributed by atoms with Crippen molar-refractivity contribution in [3.05, 3.63) is 82.9 Å². The summed E-state index contributed by atoms with van der Waals surface area (Å²) in [5.41, 5.74) is 3.10. The van der Waals surface area contributed by atoms with Crippen LogP contribution in [-0.2, 0) is 22.7 Å². The highest BCUT2D eigenvalue weighted by molar-refractivity contribution is 6.30. The van der Waals surface area contributed by atoms with Gasteiger partial charge in [0.15, 0.2) is 5.69 Å². The summed E-state index contributed by atoms with van der Waals surface area (Å²) in [5, 5.41) is 3.56. The number of nitrogens with zero attached hydrogens (tertiary/aromatic N) is 3. The van der Waals surface area contributed by atoms with Crippen LogP contribution in [0, 0.1) is 5.92 Å². The molecule has 0 unspecified atom stereocenters. The van der Waals surface area contributed by atoms with E-state index < -0.39 is 0 Å². The van der Waals surface area contributed by atoms with Crippen LogP contribution in [0.3, 0.4) is 0 Å². The lowest BCUT2D eigenvalue weighted by molar-refractivity contribution is -0.121. The molecule has 3 aromatic rings. The van der Waals surface area contributed by atoms with Gasteiger partial charge in [-0.3, -0.25) is 9.59 Å². The summed E-state index contributed by atoms with van der Waals surface area (Å²) in [7, 11) is 0. The molecule has 2 aliphatic rings. The number of carbonyl (C=O) groups is 2. The number of fused-ring (bicyclic) bond motifs is 1. The number of benzene rings is 2. The number of ether oxygens (including phenoxy) is 1. The average molecular weight is 465 g/mol. The zero-order chi connectivity index (χ0) is 22.8. The Bertz CT molecular complexity index is 1140. The quantitative estimate of drug-likeness (QED) is 0.624. The first-order valence-electron chi connectivity index (χ1n) is 11.1. The van der Waals surface area contributed by atoms with Crippen molar-refractivity contribution in [2.75, 3.05) is 18.4 Å². The van der Waals surface area contributed by atoms with Gasteiger partial charge in [0.2, 0.25) is 5.91 Å². The maximum atomic E-state index is 13.2. The normalized spacial score (nSPS) is 18.6. The van der Waals surface area contributed by atoms with Gasteiger partial charge < -0.3 is 19.5 Å². The third kappa shape index (κ3) is 4.65. The lowest BCUT2D eigenvalue weighted by atomic mass is 9.95. The molecule has 1 atom stereocenters. The molecule has 5 rings (SSSR count). The number of aromatic nitrogens is 2. The zero-order valence-electron chi connectivity index (χ0n) is 18.1. The molecule has 0 spiro atoms. The van der Waals surface area contributed by atoms with Crippen LogP contribution < -0.4 is 5.32 Å². The van der Waals surface area contributed by atoms with Gasteiger partial charge in [-0.2, -0.15) is 0 Å². The Hall–Kier alpha value is -3.16. The van der Waals surface area contributed by atoms with E-state index in [0.29, 0.717) is 49.8 Å². The maximum Gasteiger partial charge on any atom is 0.274 e. The number of piperidine rings is 1. The average Bonchev–Trinajstić information content (AvgIpc) is 3.29. The van der Waals surface area contributed by atoms with E-state index >= 15 is 0 Å². The molecule has 0 saturated carbocycles. The van der Waals surface area contributed by atoms with E-state index in [1.54, 1.807) is 35.5 Å². The topological polar surface area (TPSA) is 76.5 Å². The minimum absolute atomic E-state index is 0.0239. The first-order chi connectivity index (χ1) is 16.1. The van der Waals surface area contributed by atoms with Crippen LogP contribution in [0.25, 0.3) is 0 Å².